The number of sulfonamides is 1. The minimum Gasteiger partial charge on any atom is -0.444 e. The van der Waals surface area contributed by atoms with Gasteiger partial charge in [0.25, 0.3) is 0 Å². The molecule has 0 aliphatic rings. The van der Waals surface area contributed by atoms with Crippen LogP contribution in [0.15, 0.2) is 29.2 Å². The molecule has 0 unspecified atom stereocenters. The third kappa shape index (κ3) is 6.77. The molecular formula is C14H23N3O4S. The maximum Gasteiger partial charge on any atom is 0.407 e. The summed E-state index contributed by atoms with van der Waals surface area (Å²) in [6.07, 6.45) is 0.135. The molecule has 4 N–H and O–H groups in total. The summed E-state index contributed by atoms with van der Waals surface area (Å²) in [5.41, 5.74) is -0.0844. The predicted octanol–water partition coefficient (Wildman–Crippen LogP) is 1.66. The number of ether oxygens (including phenoxy) is 1. The van der Waals surface area contributed by atoms with Crippen molar-refractivity contribution in [2.24, 2.45) is 5.14 Å². The fourth-order valence-electron chi connectivity index (χ4n) is 1.68. The quantitative estimate of drug-likeness (QED) is 0.687. The third-order valence-corrected chi connectivity index (χ3v) is 3.50. The van der Waals surface area contributed by atoms with Crippen LogP contribution in [-0.2, 0) is 14.8 Å². The van der Waals surface area contributed by atoms with Crippen LogP contribution >= 0.6 is 0 Å². The van der Waals surface area contributed by atoms with Gasteiger partial charge >= 0.3 is 6.09 Å². The van der Waals surface area contributed by atoms with Crippen LogP contribution < -0.4 is 15.8 Å². The molecule has 124 valence electrons. The molecule has 0 aromatic heterocycles. The van der Waals surface area contributed by atoms with Gasteiger partial charge in [0.15, 0.2) is 0 Å². The lowest BCUT2D eigenvalue weighted by Gasteiger charge is -2.19. The molecule has 0 heterocycles. The normalized spacial score (nSPS) is 11.8. The lowest BCUT2D eigenvalue weighted by molar-refractivity contribution is 0.0528. The average molecular weight is 329 g/mol. The number of primary sulfonamides is 1. The molecule has 7 nitrogen and oxygen atoms in total. The summed E-state index contributed by atoms with van der Waals surface area (Å²) >= 11 is 0. The van der Waals surface area contributed by atoms with Crippen molar-refractivity contribution >= 4 is 21.8 Å². The number of carbonyl (C=O) groups is 1. The number of hydrogen-bond acceptors (Lipinski definition) is 5. The Kier molecular flexibility index (Phi) is 6.19. The van der Waals surface area contributed by atoms with Crippen molar-refractivity contribution in [1.82, 2.24) is 5.32 Å². The van der Waals surface area contributed by atoms with Crippen molar-refractivity contribution in [3.63, 3.8) is 0 Å². The van der Waals surface area contributed by atoms with E-state index >= 15 is 0 Å². The zero-order valence-electron chi connectivity index (χ0n) is 13.0. The highest BCUT2D eigenvalue weighted by atomic mass is 32.2. The summed E-state index contributed by atoms with van der Waals surface area (Å²) in [4.78, 5) is 11.5. The van der Waals surface area contributed by atoms with Gasteiger partial charge in [-0.2, -0.15) is 0 Å². The van der Waals surface area contributed by atoms with Crippen molar-refractivity contribution in [2.75, 3.05) is 18.4 Å². The van der Waals surface area contributed by atoms with Crippen LogP contribution in [0.4, 0.5) is 10.5 Å². The first kappa shape index (κ1) is 18.2. The van der Waals surface area contributed by atoms with E-state index in [1.165, 1.54) is 6.07 Å². The standard InChI is InChI=1S/C14H23N3O4S/c1-14(2,3)21-13(18)17-10-6-9-16-11-7-4-5-8-12(11)22(15,19)20/h4-5,7-8,16H,6,9-10H2,1-3H3,(H,17,18)(H2,15,19,20). The minimum absolute atomic E-state index is 0.0510. The molecule has 22 heavy (non-hydrogen) atoms. The van der Waals surface area contributed by atoms with Gasteiger partial charge < -0.3 is 15.4 Å². The van der Waals surface area contributed by atoms with Crippen LogP contribution in [0.1, 0.15) is 27.2 Å². The van der Waals surface area contributed by atoms with E-state index in [4.69, 9.17) is 9.88 Å². The fraction of sp³-hybridized carbons (Fsp3) is 0.500. The molecule has 0 radical (unpaired) electrons. The molecule has 1 aromatic rings. The zero-order valence-corrected chi connectivity index (χ0v) is 13.9. The Hall–Kier alpha value is -1.80. The van der Waals surface area contributed by atoms with E-state index in [-0.39, 0.29) is 4.90 Å². The monoisotopic (exact) mass is 329 g/mol. The van der Waals surface area contributed by atoms with Crippen molar-refractivity contribution in [3.05, 3.63) is 24.3 Å². The maximum atomic E-state index is 11.4. The number of para-hydroxylation sites is 1. The van der Waals surface area contributed by atoms with E-state index in [1.807, 2.05) is 0 Å². The van der Waals surface area contributed by atoms with E-state index in [2.05, 4.69) is 10.6 Å². The Morgan fingerprint density at radius 2 is 1.86 bits per heavy atom. The van der Waals surface area contributed by atoms with Crippen molar-refractivity contribution in [2.45, 2.75) is 37.7 Å². The zero-order chi connectivity index (χ0) is 16.8. The van der Waals surface area contributed by atoms with Gasteiger partial charge in [-0.05, 0) is 39.3 Å². The van der Waals surface area contributed by atoms with E-state index < -0.39 is 21.7 Å². The number of hydrogen-bond donors (Lipinski definition) is 3. The Balaban J connectivity index is 2.39. The molecule has 0 spiro atoms. The van der Waals surface area contributed by atoms with Gasteiger partial charge in [0, 0.05) is 13.1 Å². The van der Waals surface area contributed by atoms with Gasteiger partial charge in [-0.15, -0.1) is 0 Å². The summed E-state index contributed by atoms with van der Waals surface area (Å²) < 4.78 is 28.0. The van der Waals surface area contributed by atoms with Crippen molar-refractivity contribution in [1.29, 1.82) is 0 Å². The molecule has 0 fully saturated rings. The van der Waals surface area contributed by atoms with Gasteiger partial charge in [0.1, 0.15) is 10.5 Å². The van der Waals surface area contributed by atoms with Gasteiger partial charge in [-0.25, -0.2) is 18.4 Å². The molecule has 0 saturated carbocycles. The van der Waals surface area contributed by atoms with E-state index in [9.17, 15) is 13.2 Å². The Morgan fingerprint density at radius 3 is 2.45 bits per heavy atom. The highest BCUT2D eigenvalue weighted by molar-refractivity contribution is 7.89. The highest BCUT2D eigenvalue weighted by Gasteiger charge is 2.15. The van der Waals surface area contributed by atoms with Crippen LogP contribution in [0.3, 0.4) is 0 Å². The largest absolute Gasteiger partial charge is 0.444 e. The number of amides is 1. The van der Waals surface area contributed by atoms with Gasteiger partial charge in [0.2, 0.25) is 10.0 Å². The van der Waals surface area contributed by atoms with Crippen LogP contribution in [0.25, 0.3) is 0 Å². The van der Waals surface area contributed by atoms with Gasteiger partial charge in [0.05, 0.1) is 5.69 Å². The molecule has 0 saturated heterocycles. The van der Waals surface area contributed by atoms with E-state index in [0.29, 0.717) is 25.2 Å². The van der Waals surface area contributed by atoms with Gasteiger partial charge in [-0.1, -0.05) is 12.1 Å². The second-order valence-corrected chi connectivity index (χ2v) is 7.28. The maximum absolute atomic E-state index is 11.4. The first-order valence-corrected chi connectivity index (χ1v) is 8.47. The Morgan fingerprint density at radius 1 is 1.23 bits per heavy atom. The number of benzene rings is 1. The van der Waals surface area contributed by atoms with Crippen molar-refractivity contribution < 1.29 is 17.9 Å². The molecule has 0 bridgehead atoms. The van der Waals surface area contributed by atoms with Crippen LogP contribution in [0.2, 0.25) is 0 Å². The topological polar surface area (TPSA) is 111 Å². The lowest BCUT2D eigenvalue weighted by atomic mass is 10.2. The predicted molar refractivity (Wildman–Crippen MR) is 85.2 cm³/mol. The molecular weight excluding hydrogens is 306 g/mol. The molecule has 0 atom stereocenters. The van der Waals surface area contributed by atoms with Crippen LogP contribution in [-0.4, -0.2) is 33.2 Å². The van der Waals surface area contributed by atoms with Crippen molar-refractivity contribution in [3.8, 4) is 0 Å². The number of nitrogens with two attached hydrogens (primary N) is 1. The third-order valence-electron chi connectivity index (χ3n) is 2.53. The Bertz CT molecular complexity index is 609. The fourth-order valence-corrected chi connectivity index (χ4v) is 2.39. The summed E-state index contributed by atoms with van der Waals surface area (Å²) in [5.74, 6) is 0. The summed E-state index contributed by atoms with van der Waals surface area (Å²) in [5, 5.41) is 10.8. The molecule has 0 aliphatic heterocycles. The lowest BCUT2D eigenvalue weighted by Crippen LogP contribution is -2.33. The first-order chi connectivity index (χ1) is 10.1. The molecule has 1 aromatic carbocycles. The number of nitrogens with one attached hydrogen (secondary N) is 2. The minimum atomic E-state index is -3.76. The molecule has 8 heteroatoms. The molecule has 0 aliphatic carbocycles. The SMILES string of the molecule is CC(C)(C)OC(=O)NCCCNc1ccccc1S(N)(=O)=O. The number of carbonyl (C=O) groups excluding carboxylic acids is 1. The number of anilines is 1. The average Bonchev–Trinajstić information content (AvgIpc) is 2.35. The summed E-state index contributed by atoms with van der Waals surface area (Å²) in [7, 11) is -3.76. The highest BCUT2D eigenvalue weighted by Crippen LogP contribution is 2.18. The smallest absolute Gasteiger partial charge is 0.407 e. The summed E-state index contributed by atoms with van der Waals surface area (Å²) in [6, 6.07) is 6.41. The molecule has 1 rings (SSSR count). The number of rotatable bonds is 6. The van der Waals surface area contributed by atoms with Gasteiger partial charge in [-0.3, -0.25) is 0 Å². The number of alkyl carbamates (subject to hydrolysis) is 1. The van der Waals surface area contributed by atoms with E-state index in [1.54, 1.807) is 39.0 Å². The summed E-state index contributed by atoms with van der Waals surface area (Å²) in [6.45, 7) is 6.27. The molecule has 1 amide bonds. The first-order valence-electron chi connectivity index (χ1n) is 6.92. The second kappa shape index (κ2) is 7.46. The van der Waals surface area contributed by atoms with E-state index in [0.717, 1.165) is 0 Å². The van der Waals surface area contributed by atoms with Crippen LogP contribution in [0, 0.1) is 0 Å². The second-order valence-electron chi connectivity index (χ2n) is 5.75. The van der Waals surface area contributed by atoms with Crippen LogP contribution in [0.5, 0.6) is 0 Å². The Labute approximate surface area is 131 Å².